The lowest BCUT2D eigenvalue weighted by molar-refractivity contribution is 0.0690. The van der Waals surface area contributed by atoms with Crippen molar-refractivity contribution in [3.63, 3.8) is 0 Å². The van der Waals surface area contributed by atoms with Gasteiger partial charge >= 0.3 is 5.97 Å². The minimum Gasteiger partial charge on any atom is -0.477 e. The summed E-state index contributed by atoms with van der Waals surface area (Å²) in [6.07, 6.45) is 7.08. The van der Waals surface area contributed by atoms with Crippen LogP contribution in [0.25, 0.3) is 0 Å². The van der Waals surface area contributed by atoms with Gasteiger partial charge in [0.15, 0.2) is 5.69 Å². The van der Waals surface area contributed by atoms with E-state index < -0.39 is 5.97 Å². The summed E-state index contributed by atoms with van der Waals surface area (Å²) in [5, 5.41) is 11.8. The van der Waals surface area contributed by atoms with Crippen molar-refractivity contribution >= 4 is 11.9 Å². The van der Waals surface area contributed by atoms with Crippen molar-refractivity contribution in [2.24, 2.45) is 0 Å². The second-order valence-electron chi connectivity index (χ2n) is 3.68. The number of aromatic carboxylic acids is 1. The van der Waals surface area contributed by atoms with E-state index in [2.05, 4.69) is 21.2 Å². The van der Waals surface area contributed by atoms with E-state index in [0.717, 1.165) is 12.8 Å². The van der Waals surface area contributed by atoms with Crippen molar-refractivity contribution < 1.29 is 9.90 Å². The van der Waals surface area contributed by atoms with Gasteiger partial charge in [-0.15, -0.1) is 6.42 Å². The zero-order valence-electron chi connectivity index (χ0n) is 9.90. The summed E-state index contributed by atoms with van der Waals surface area (Å²) in [4.78, 5) is 18.8. The second kappa shape index (κ2) is 5.85. The lowest BCUT2D eigenvalue weighted by Gasteiger charge is -2.12. The molecule has 0 aliphatic heterocycles. The number of anilines is 1. The Bertz CT molecular complexity index is 452. The quantitative estimate of drug-likeness (QED) is 0.757. The number of hydrogen-bond donors (Lipinski definition) is 2. The highest BCUT2D eigenvalue weighted by molar-refractivity contribution is 5.85. The van der Waals surface area contributed by atoms with Crippen molar-refractivity contribution in [1.82, 2.24) is 9.97 Å². The van der Waals surface area contributed by atoms with Gasteiger partial charge in [-0.25, -0.2) is 14.8 Å². The van der Waals surface area contributed by atoms with Crippen LogP contribution in [-0.4, -0.2) is 27.1 Å². The van der Waals surface area contributed by atoms with Crippen molar-refractivity contribution in [1.29, 1.82) is 0 Å². The molecule has 0 aliphatic carbocycles. The molecule has 5 heteroatoms. The molecule has 0 fully saturated rings. The van der Waals surface area contributed by atoms with Crippen molar-refractivity contribution in [3.8, 4) is 12.3 Å². The van der Waals surface area contributed by atoms with Crippen molar-refractivity contribution in [2.75, 3.05) is 5.32 Å². The average molecular weight is 233 g/mol. The highest BCUT2D eigenvalue weighted by Gasteiger charge is 2.11. The summed E-state index contributed by atoms with van der Waals surface area (Å²) in [7, 11) is 0. The number of nitrogens with one attached hydrogen (secondary N) is 1. The Balaban J connectivity index is 2.91. The van der Waals surface area contributed by atoms with Crippen LogP contribution in [0.4, 0.5) is 5.95 Å². The maximum atomic E-state index is 10.8. The number of aromatic nitrogens is 2. The molecule has 0 saturated heterocycles. The third-order valence-corrected chi connectivity index (χ3v) is 2.16. The van der Waals surface area contributed by atoms with Crippen LogP contribution in [-0.2, 0) is 0 Å². The van der Waals surface area contributed by atoms with Crippen LogP contribution in [0.15, 0.2) is 6.07 Å². The van der Waals surface area contributed by atoms with E-state index >= 15 is 0 Å². The predicted octanol–water partition coefficient (Wildman–Crippen LogP) is 1.70. The van der Waals surface area contributed by atoms with Gasteiger partial charge in [0.2, 0.25) is 5.95 Å². The fourth-order valence-electron chi connectivity index (χ4n) is 1.38. The van der Waals surface area contributed by atoms with Crippen LogP contribution < -0.4 is 5.32 Å². The van der Waals surface area contributed by atoms with E-state index in [1.165, 1.54) is 6.07 Å². The Kier molecular flexibility index (Phi) is 4.46. The molecule has 1 rings (SSSR count). The molecular formula is C12H15N3O2. The smallest absolute Gasteiger partial charge is 0.354 e. The van der Waals surface area contributed by atoms with Crippen LogP contribution in [0.3, 0.4) is 0 Å². The molecule has 0 bridgehead atoms. The molecule has 2 N–H and O–H groups in total. The summed E-state index contributed by atoms with van der Waals surface area (Å²) >= 11 is 0. The van der Waals surface area contributed by atoms with E-state index in [9.17, 15) is 4.79 Å². The summed E-state index contributed by atoms with van der Waals surface area (Å²) in [6.45, 7) is 3.73. The Morgan fingerprint density at radius 2 is 2.35 bits per heavy atom. The highest BCUT2D eigenvalue weighted by Crippen LogP contribution is 2.08. The minimum absolute atomic E-state index is 0.0349. The number of carboxylic acid groups (broad SMARTS) is 1. The monoisotopic (exact) mass is 233 g/mol. The molecule has 1 heterocycles. The van der Waals surface area contributed by atoms with E-state index in [1.54, 1.807) is 6.92 Å². The SMILES string of the molecule is C#CC(CCC)Nc1nc(C)cc(C(=O)O)n1. The number of hydrogen-bond acceptors (Lipinski definition) is 4. The fourth-order valence-corrected chi connectivity index (χ4v) is 1.38. The lowest BCUT2D eigenvalue weighted by Crippen LogP contribution is -2.19. The molecule has 1 atom stereocenters. The van der Waals surface area contributed by atoms with Gasteiger partial charge in [-0.05, 0) is 19.4 Å². The molecule has 0 aromatic carbocycles. The molecule has 1 aromatic rings. The van der Waals surface area contributed by atoms with Crippen molar-refractivity contribution in [3.05, 3.63) is 17.5 Å². The first-order valence-electron chi connectivity index (χ1n) is 5.38. The van der Waals surface area contributed by atoms with Gasteiger partial charge in [-0.2, -0.15) is 0 Å². The second-order valence-corrected chi connectivity index (χ2v) is 3.68. The first-order valence-corrected chi connectivity index (χ1v) is 5.38. The van der Waals surface area contributed by atoms with Gasteiger partial charge in [-0.3, -0.25) is 0 Å². The number of carboxylic acids is 1. The largest absolute Gasteiger partial charge is 0.477 e. The zero-order chi connectivity index (χ0) is 12.8. The number of nitrogens with zero attached hydrogens (tertiary/aromatic N) is 2. The lowest BCUT2D eigenvalue weighted by atomic mass is 10.2. The number of aryl methyl sites for hydroxylation is 1. The fraction of sp³-hybridized carbons (Fsp3) is 0.417. The van der Waals surface area contributed by atoms with Gasteiger partial charge in [0.25, 0.3) is 0 Å². The molecule has 1 unspecified atom stereocenters. The Morgan fingerprint density at radius 3 is 2.88 bits per heavy atom. The molecule has 90 valence electrons. The predicted molar refractivity (Wildman–Crippen MR) is 64.9 cm³/mol. The van der Waals surface area contributed by atoms with Crippen LogP contribution in [0.1, 0.15) is 35.9 Å². The average Bonchev–Trinajstić information content (AvgIpc) is 2.27. The Morgan fingerprint density at radius 1 is 1.65 bits per heavy atom. The number of terminal acetylenes is 1. The van der Waals surface area contributed by atoms with Crippen LogP contribution in [0.2, 0.25) is 0 Å². The molecule has 1 aromatic heterocycles. The Hall–Kier alpha value is -2.09. The van der Waals surface area contributed by atoms with E-state index in [0.29, 0.717) is 5.69 Å². The maximum Gasteiger partial charge on any atom is 0.354 e. The first-order chi connectivity index (χ1) is 8.06. The third kappa shape index (κ3) is 3.76. The van der Waals surface area contributed by atoms with E-state index in [4.69, 9.17) is 11.5 Å². The normalized spacial score (nSPS) is 11.6. The third-order valence-electron chi connectivity index (χ3n) is 2.16. The summed E-state index contributed by atoms with van der Waals surface area (Å²) in [5.74, 6) is 1.77. The number of carbonyl (C=O) groups is 1. The molecular weight excluding hydrogens is 218 g/mol. The molecule has 0 saturated carbocycles. The van der Waals surface area contributed by atoms with Crippen LogP contribution in [0.5, 0.6) is 0 Å². The zero-order valence-corrected chi connectivity index (χ0v) is 9.90. The van der Waals surface area contributed by atoms with Gasteiger partial charge in [0, 0.05) is 5.69 Å². The van der Waals surface area contributed by atoms with Crippen LogP contribution >= 0.6 is 0 Å². The van der Waals surface area contributed by atoms with Gasteiger partial charge in [-0.1, -0.05) is 19.3 Å². The highest BCUT2D eigenvalue weighted by atomic mass is 16.4. The molecule has 17 heavy (non-hydrogen) atoms. The van der Waals surface area contributed by atoms with Gasteiger partial charge in [0.05, 0.1) is 6.04 Å². The summed E-state index contributed by atoms with van der Waals surface area (Å²) in [5.41, 5.74) is 0.555. The maximum absolute atomic E-state index is 10.8. The molecule has 0 amide bonds. The van der Waals surface area contributed by atoms with Crippen molar-refractivity contribution in [2.45, 2.75) is 32.7 Å². The summed E-state index contributed by atoms with van der Waals surface area (Å²) in [6, 6.07) is 1.24. The summed E-state index contributed by atoms with van der Waals surface area (Å²) < 4.78 is 0. The minimum atomic E-state index is -1.08. The topological polar surface area (TPSA) is 75.1 Å². The molecule has 0 aliphatic rings. The standard InChI is InChI=1S/C12H15N3O2/c1-4-6-9(5-2)14-12-13-8(3)7-10(15-12)11(16)17/h2,7,9H,4,6H2,1,3H3,(H,16,17)(H,13,14,15). The van der Waals surface area contributed by atoms with E-state index in [1.807, 2.05) is 6.92 Å². The first kappa shape index (κ1) is 13.0. The number of rotatable bonds is 5. The molecule has 0 radical (unpaired) electrons. The van der Waals surface area contributed by atoms with Gasteiger partial charge in [0.1, 0.15) is 0 Å². The van der Waals surface area contributed by atoms with E-state index in [-0.39, 0.29) is 17.7 Å². The van der Waals surface area contributed by atoms with Gasteiger partial charge < -0.3 is 10.4 Å². The Labute approximate surface area is 100 Å². The van der Waals surface area contributed by atoms with Crippen LogP contribution in [0, 0.1) is 19.3 Å². The molecule has 5 nitrogen and oxygen atoms in total. The molecule has 0 spiro atoms.